The predicted molar refractivity (Wildman–Crippen MR) is 33.2 cm³/mol. The van der Waals surface area contributed by atoms with Crippen LogP contribution in [0.5, 0.6) is 0 Å². The van der Waals surface area contributed by atoms with E-state index in [0.29, 0.717) is 0 Å². The molecule has 0 aliphatic rings. The number of carbonyl (C=O) groups excluding carboxylic acids is 2. The molecule has 0 rings (SSSR count). The Labute approximate surface area is 62.7 Å². The normalized spacial score (nSPS) is 15.6. The van der Waals surface area contributed by atoms with E-state index in [2.05, 4.69) is 4.74 Å². The molecule has 0 saturated carbocycles. The van der Waals surface area contributed by atoms with Crippen LogP contribution in [0.15, 0.2) is 0 Å². The van der Waals surface area contributed by atoms with Crippen LogP contribution in [0, 0.1) is 0 Å². The molecule has 0 unspecified atom stereocenters. The van der Waals surface area contributed by atoms with Crippen molar-refractivity contribution in [2.24, 2.45) is 0 Å². The lowest BCUT2D eigenvalue weighted by Gasteiger charge is -2.16. The maximum atomic E-state index is 10.2. The lowest BCUT2D eigenvalue weighted by atomic mass is 10.4. The lowest BCUT2D eigenvalue weighted by molar-refractivity contribution is -0.197. The molecule has 1 atom stereocenters. The van der Waals surface area contributed by atoms with Crippen molar-refractivity contribution < 1.29 is 19.4 Å². The Balaban J connectivity index is 4.13. The molecule has 0 spiro atoms. The Bertz CT molecular complexity index is 163. The third-order valence-corrected chi connectivity index (χ3v) is 1.06. The Hall–Kier alpha value is -0.610. The Morgan fingerprint density at radius 3 is 2.10 bits per heavy atom. The fourth-order valence-electron chi connectivity index (χ4n) is 0.320. The summed E-state index contributed by atoms with van der Waals surface area (Å²) in [5.74, 6) is -2.97. The maximum Gasteiger partial charge on any atom is 0.305 e. The number of carbonyl (C=O) groups is 2. The van der Waals surface area contributed by atoms with E-state index >= 15 is 0 Å². The monoisotopic (exact) mass is 166 g/mol. The summed E-state index contributed by atoms with van der Waals surface area (Å²) in [5, 5.41) is 7.72. The van der Waals surface area contributed by atoms with Crippen LogP contribution >= 0.6 is 11.6 Å². The Morgan fingerprint density at radius 1 is 1.60 bits per heavy atom. The number of ether oxygens (including phenoxy) is 1. The topological polar surface area (TPSA) is 63.6 Å². The van der Waals surface area contributed by atoms with Gasteiger partial charge in [-0.1, -0.05) is 0 Å². The van der Waals surface area contributed by atoms with Crippen molar-refractivity contribution in [2.45, 2.75) is 19.6 Å². The van der Waals surface area contributed by atoms with Crippen LogP contribution in [0.1, 0.15) is 13.8 Å². The highest BCUT2D eigenvalue weighted by atomic mass is 35.5. The Morgan fingerprint density at radius 2 is 2.00 bits per heavy atom. The van der Waals surface area contributed by atoms with Crippen LogP contribution in [0.25, 0.3) is 0 Å². The molecular formula is C5H7ClO4. The van der Waals surface area contributed by atoms with E-state index < -0.39 is 17.0 Å². The van der Waals surface area contributed by atoms with E-state index in [0.717, 1.165) is 13.8 Å². The van der Waals surface area contributed by atoms with Crippen LogP contribution in [-0.2, 0) is 14.3 Å². The molecule has 4 nitrogen and oxygen atoms in total. The largest absolute Gasteiger partial charge is 0.425 e. The number of rotatable bonds is 2. The van der Waals surface area contributed by atoms with Crippen molar-refractivity contribution >= 4 is 22.8 Å². The molecule has 1 N–H and O–H groups in total. The number of esters is 1. The SMILES string of the molecule is CC(=O)O[C@](C)(O)C(=O)Cl. The van der Waals surface area contributed by atoms with E-state index in [9.17, 15) is 9.59 Å². The van der Waals surface area contributed by atoms with Crippen molar-refractivity contribution in [2.75, 3.05) is 0 Å². The van der Waals surface area contributed by atoms with Gasteiger partial charge in [0.1, 0.15) is 0 Å². The van der Waals surface area contributed by atoms with Gasteiger partial charge in [0.25, 0.3) is 11.0 Å². The van der Waals surface area contributed by atoms with E-state index in [1.165, 1.54) is 0 Å². The van der Waals surface area contributed by atoms with E-state index in [1.54, 1.807) is 0 Å². The molecular weight excluding hydrogens is 160 g/mol. The van der Waals surface area contributed by atoms with E-state index in [4.69, 9.17) is 16.7 Å². The number of hydrogen-bond acceptors (Lipinski definition) is 4. The fourth-order valence-corrected chi connectivity index (χ4v) is 0.359. The van der Waals surface area contributed by atoms with Gasteiger partial charge in [-0.3, -0.25) is 9.59 Å². The molecule has 0 aromatic carbocycles. The molecule has 0 saturated heterocycles. The first kappa shape index (κ1) is 9.39. The summed E-state index contributed by atoms with van der Waals surface area (Å²) in [6.07, 6.45) is 0. The molecule has 0 radical (unpaired) electrons. The zero-order valence-electron chi connectivity index (χ0n) is 5.55. The first-order valence-electron chi connectivity index (χ1n) is 2.48. The molecule has 0 aliphatic heterocycles. The highest BCUT2D eigenvalue weighted by Gasteiger charge is 2.31. The van der Waals surface area contributed by atoms with Gasteiger partial charge in [-0.05, 0) is 11.6 Å². The number of hydrogen-bond donors (Lipinski definition) is 1. The van der Waals surface area contributed by atoms with Gasteiger partial charge in [-0.15, -0.1) is 0 Å². The summed E-state index contributed by atoms with van der Waals surface area (Å²) in [5.41, 5.74) is 0. The first-order valence-corrected chi connectivity index (χ1v) is 2.86. The average Bonchev–Trinajstić information content (AvgIpc) is 1.60. The quantitative estimate of drug-likeness (QED) is 0.357. The van der Waals surface area contributed by atoms with Gasteiger partial charge in [0.05, 0.1) is 0 Å². The van der Waals surface area contributed by atoms with Crippen molar-refractivity contribution in [3.8, 4) is 0 Å². The van der Waals surface area contributed by atoms with Gasteiger partial charge in [0.15, 0.2) is 0 Å². The fraction of sp³-hybridized carbons (Fsp3) is 0.600. The molecule has 0 amide bonds. The summed E-state index contributed by atoms with van der Waals surface area (Å²) in [6.45, 7) is 2.05. The molecule has 0 aromatic heterocycles. The highest BCUT2D eigenvalue weighted by molar-refractivity contribution is 6.65. The number of halogens is 1. The standard InChI is InChI=1S/C5H7ClO4/c1-3(7)10-5(2,9)4(6)8/h9H,1-2H3/t5-/m0/s1. The summed E-state index contributed by atoms with van der Waals surface area (Å²) < 4.78 is 4.13. The van der Waals surface area contributed by atoms with Gasteiger partial charge in [-0.25, -0.2) is 0 Å². The molecule has 0 aliphatic carbocycles. The lowest BCUT2D eigenvalue weighted by Crippen LogP contribution is -2.36. The smallest absolute Gasteiger partial charge is 0.305 e. The molecule has 5 heteroatoms. The third kappa shape index (κ3) is 2.80. The minimum absolute atomic E-state index is 0.765. The zero-order chi connectivity index (χ0) is 8.36. The average molecular weight is 167 g/mol. The van der Waals surface area contributed by atoms with E-state index in [-0.39, 0.29) is 0 Å². The van der Waals surface area contributed by atoms with Crippen molar-refractivity contribution in [3.05, 3.63) is 0 Å². The minimum atomic E-state index is -2.20. The first-order chi connectivity index (χ1) is 4.36. The van der Waals surface area contributed by atoms with Gasteiger partial charge in [0, 0.05) is 13.8 Å². The highest BCUT2D eigenvalue weighted by Crippen LogP contribution is 2.09. The van der Waals surface area contributed by atoms with Gasteiger partial charge >= 0.3 is 5.97 Å². The van der Waals surface area contributed by atoms with Gasteiger partial charge < -0.3 is 9.84 Å². The van der Waals surface area contributed by atoms with Crippen LogP contribution < -0.4 is 0 Å². The Kier molecular flexibility index (Phi) is 2.80. The van der Waals surface area contributed by atoms with E-state index in [1.807, 2.05) is 0 Å². The molecule has 0 aromatic rings. The van der Waals surface area contributed by atoms with Gasteiger partial charge in [0.2, 0.25) is 0 Å². The van der Waals surface area contributed by atoms with Crippen LogP contribution in [0.4, 0.5) is 0 Å². The molecule has 0 fully saturated rings. The second-order valence-corrected chi connectivity index (χ2v) is 2.19. The summed E-state index contributed by atoms with van der Waals surface area (Å²) >= 11 is 4.85. The predicted octanol–water partition coefficient (Wildman–Crippen LogP) is 0.0234. The van der Waals surface area contributed by atoms with Crippen LogP contribution in [0.2, 0.25) is 0 Å². The molecule has 58 valence electrons. The third-order valence-electron chi connectivity index (χ3n) is 0.707. The van der Waals surface area contributed by atoms with Crippen molar-refractivity contribution in [1.29, 1.82) is 0 Å². The second kappa shape index (κ2) is 2.98. The van der Waals surface area contributed by atoms with Crippen molar-refractivity contribution in [1.82, 2.24) is 0 Å². The van der Waals surface area contributed by atoms with Crippen molar-refractivity contribution in [3.63, 3.8) is 0 Å². The maximum absolute atomic E-state index is 10.2. The summed E-state index contributed by atoms with van der Waals surface area (Å²) in [6, 6.07) is 0. The summed E-state index contributed by atoms with van der Waals surface area (Å²) in [7, 11) is 0. The van der Waals surface area contributed by atoms with Gasteiger partial charge in [-0.2, -0.15) is 0 Å². The molecule has 0 bridgehead atoms. The van der Waals surface area contributed by atoms with Crippen LogP contribution in [-0.4, -0.2) is 22.1 Å². The number of aliphatic hydroxyl groups is 1. The van der Waals surface area contributed by atoms with Crippen LogP contribution in [0.3, 0.4) is 0 Å². The zero-order valence-corrected chi connectivity index (χ0v) is 6.31. The molecule has 10 heavy (non-hydrogen) atoms. The summed E-state index contributed by atoms with van der Waals surface area (Å²) in [4.78, 5) is 20.4. The second-order valence-electron chi connectivity index (χ2n) is 1.85. The molecule has 0 heterocycles. The minimum Gasteiger partial charge on any atom is -0.425 e.